The van der Waals surface area contributed by atoms with Gasteiger partial charge in [-0.1, -0.05) is 26.0 Å². The van der Waals surface area contributed by atoms with Gasteiger partial charge in [-0.3, -0.25) is 4.90 Å². The number of hydrogen-bond donors (Lipinski definition) is 1. The van der Waals surface area contributed by atoms with Gasteiger partial charge in [0.1, 0.15) is 5.75 Å². The minimum atomic E-state index is 0.420. The largest absolute Gasteiger partial charge is 0.508 e. The molecule has 1 N–H and O–H groups in total. The lowest BCUT2D eigenvalue weighted by atomic mass is 9.86. The number of rotatable bonds is 6. The molecule has 0 saturated carbocycles. The van der Waals surface area contributed by atoms with Gasteiger partial charge in [-0.15, -0.1) is 0 Å². The van der Waals surface area contributed by atoms with E-state index in [0.717, 1.165) is 38.1 Å². The summed E-state index contributed by atoms with van der Waals surface area (Å²) in [5.74, 6) is 1.10. The third kappa shape index (κ3) is 3.53. The summed E-state index contributed by atoms with van der Waals surface area (Å²) in [6.07, 6.45) is 3.32. The van der Waals surface area contributed by atoms with E-state index >= 15 is 0 Å². The van der Waals surface area contributed by atoms with Crippen molar-refractivity contribution in [2.45, 2.75) is 39.2 Å². The summed E-state index contributed by atoms with van der Waals surface area (Å²) in [6.45, 7) is 7.30. The van der Waals surface area contributed by atoms with Gasteiger partial charge >= 0.3 is 0 Å². The molecule has 1 aliphatic carbocycles. The Morgan fingerprint density at radius 3 is 2.90 bits per heavy atom. The molecule has 1 aromatic carbocycles. The molecule has 112 valence electrons. The summed E-state index contributed by atoms with van der Waals surface area (Å²) in [5, 5.41) is 10.1. The number of hydrogen-bond acceptors (Lipinski definition) is 3. The molecule has 0 spiro atoms. The third-order valence-corrected chi connectivity index (χ3v) is 4.07. The van der Waals surface area contributed by atoms with E-state index < -0.39 is 0 Å². The van der Waals surface area contributed by atoms with E-state index in [0.29, 0.717) is 17.7 Å². The van der Waals surface area contributed by atoms with Crippen LogP contribution in [0.2, 0.25) is 0 Å². The fourth-order valence-corrected chi connectivity index (χ4v) is 3.24. The molecule has 0 amide bonds. The van der Waals surface area contributed by atoms with Crippen molar-refractivity contribution in [3.05, 3.63) is 29.3 Å². The summed E-state index contributed by atoms with van der Waals surface area (Å²) >= 11 is 0. The first-order valence-corrected chi connectivity index (χ1v) is 7.67. The highest BCUT2D eigenvalue weighted by atomic mass is 16.5. The second-order valence-corrected chi connectivity index (χ2v) is 6.13. The Hall–Kier alpha value is -1.06. The van der Waals surface area contributed by atoms with E-state index in [1.54, 1.807) is 7.11 Å². The quantitative estimate of drug-likeness (QED) is 0.865. The van der Waals surface area contributed by atoms with Crippen LogP contribution in [0.15, 0.2) is 18.2 Å². The molecule has 1 unspecified atom stereocenters. The summed E-state index contributed by atoms with van der Waals surface area (Å²) < 4.78 is 5.27. The lowest BCUT2D eigenvalue weighted by Gasteiger charge is -2.37. The number of ether oxygens (including phenoxy) is 1. The smallest absolute Gasteiger partial charge is 0.119 e. The van der Waals surface area contributed by atoms with Crippen molar-refractivity contribution in [3.8, 4) is 5.75 Å². The average Bonchev–Trinajstić information content (AvgIpc) is 2.43. The molecule has 3 heteroatoms. The minimum absolute atomic E-state index is 0.420. The molecule has 2 rings (SSSR count). The molecule has 0 aromatic heterocycles. The molecule has 3 nitrogen and oxygen atoms in total. The van der Waals surface area contributed by atoms with E-state index in [1.807, 2.05) is 12.1 Å². The van der Waals surface area contributed by atoms with Gasteiger partial charge in [0, 0.05) is 26.2 Å². The number of fused-ring (bicyclic) bond motifs is 1. The van der Waals surface area contributed by atoms with Crippen LogP contribution in [0.5, 0.6) is 5.75 Å². The molecule has 1 aliphatic rings. The van der Waals surface area contributed by atoms with Gasteiger partial charge in [0.15, 0.2) is 0 Å². The van der Waals surface area contributed by atoms with Crippen LogP contribution in [0.25, 0.3) is 0 Å². The zero-order valence-electron chi connectivity index (χ0n) is 12.9. The molecular formula is C17H27NO2. The normalized spacial score (nSPS) is 18.6. The Labute approximate surface area is 122 Å². The van der Waals surface area contributed by atoms with Gasteiger partial charge in [0.05, 0.1) is 6.61 Å². The Kier molecular flexibility index (Phi) is 5.44. The van der Waals surface area contributed by atoms with E-state index in [1.165, 1.54) is 12.0 Å². The number of aromatic hydroxyl groups is 1. The van der Waals surface area contributed by atoms with Crippen LogP contribution in [0.1, 0.15) is 43.9 Å². The monoisotopic (exact) mass is 277 g/mol. The molecule has 1 aromatic rings. The molecule has 0 bridgehead atoms. The fourth-order valence-electron chi connectivity index (χ4n) is 3.24. The first kappa shape index (κ1) is 15.3. The zero-order valence-corrected chi connectivity index (χ0v) is 12.9. The Morgan fingerprint density at radius 2 is 2.20 bits per heavy atom. The highest BCUT2D eigenvalue weighted by molar-refractivity contribution is 5.42. The summed E-state index contributed by atoms with van der Waals surface area (Å²) in [5.41, 5.74) is 2.46. The average molecular weight is 277 g/mol. The first-order valence-electron chi connectivity index (χ1n) is 7.67. The minimum Gasteiger partial charge on any atom is -0.508 e. The van der Waals surface area contributed by atoms with Crippen molar-refractivity contribution in [3.63, 3.8) is 0 Å². The molecule has 0 fully saturated rings. The lowest BCUT2D eigenvalue weighted by Crippen LogP contribution is -2.36. The Morgan fingerprint density at radius 1 is 1.40 bits per heavy atom. The van der Waals surface area contributed by atoms with Gasteiger partial charge in [0.25, 0.3) is 0 Å². The highest BCUT2D eigenvalue weighted by Gasteiger charge is 2.27. The molecule has 0 aliphatic heterocycles. The summed E-state index contributed by atoms with van der Waals surface area (Å²) in [7, 11) is 1.76. The van der Waals surface area contributed by atoms with Crippen LogP contribution in [-0.4, -0.2) is 36.8 Å². The number of benzene rings is 1. The van der Waals surface area contributed by atoms with Gasteiger partial charge < -0.3 is 9.84 Å². The third-order valence-electron chi connectivity index (χ3n) is 4.07. The van der Waals surface area contributed by atoms with E-state index in [4.69, 9.17) is 4.74 Å². The van der Waals surface area contributed by atoms with Crippen LogP contribution < -0.4 is 0 Å². The van der Waals surface area contributed by atoms with E-state index in [2.05, 4.69) is 24.8 Å². The van der Waals surface area contributed by atoms with Crippen molar-refractivity contribution in [2.75, 3.05) is 26.8 Å². The number of phenols is 1. The fraction of sp³-hybridized carbons (Fsp3) is 0.647. The SMILES string of the molecule is COCCN(CC(C)C)C1CCCc2c(O)cccc21. The van der Waals surface area contributed by atoms with Crippen LogP contribution >= 0.6 is 0 Å². The van der Waals surface area contributed by atoms with Gasteiger partial charge in [-0.2, -0.15) is 0 Å². The van der Waals surface area contributed by atoms with Gasteiger partial charge in [0.2, 0.25) is 0 Å². The predicted octanol–water partition coefficient (Wildman–Crippen LogP) is 3.37. The molecule has 0 saturated heterocycles. The molecule has 1 atom stereocenters. The summed E-state index contributed by atoms with van der Waals surface area (Å²) in [6, 6.07) is 6.38. The maximum Gasteiger partial charge on any atom is 0.119 e. The maximum atomic E-state index is 10.1. The van der Waals surface area contributed by atoms with Crippen LogP contribution in [-0.2, 0) is 11.2 Å². The molecular weight excluding hydrogens is 250 g/mol. The van der Waals surface area contributed by atoms with Crippen LogP contribution in [0.4, 0.5) is 0 Å². The second kappa shape index (κ2) is 7.09. The highest BCUT2D eigenvalue weighted by Crippen LogP contribution is 2.38. The number of nitrogens with zero attached hydrogens (tertiary/aromatic N) is 1. The molecule has 0 radical (unpaired) electrons. The first-order chi connectivity index (χ1) is 9.63. The predicted molar refractivity (Wildman–Crippen MR) is 82.1 cm³/mol. The molecule has 0 heterocycles. The van der Waals surface area contributed by atoms with Crippen molar-refractivity contribution in [1.82, 2.24) is 4.90 Å². The van der Waals surface area contributed by atoms with Crippen molar-refractivity contribution in [1.29, 1.82) is 0 Å². The standard InChI is InChI=1S/C17H27NO2/c1-13(2)12-18(10-11-20-3)16-8-4-7-15-14(16)6-5-9-17(15)19/h5-6,9,13,16,19H,4,7-8,10-12H2,1-3H3. The lowest BCUT2D eigenvalue weighted by molar-refractivity contribution is 0.102. The molecule has 20 heavy (non-hydrogen) atoms. The van der Waals surface area contributed by atoms with Gasteiger partial charge in [-0.05, 0) is 42.4 Å². The van der Waals surface area contributed by atoms with Crippen LogP contribution in [0.3, 0.4) is 0 Å². The van der Waals surface area contributed by atoms with E-state index in [9.17, 15) is 5.11 Å². The zero-order chi connectivity index (χ0) is 14.5. The Bertz CT molecular complexity index is 431. The van der Waals surface area contributed by atoms with Crippen LogP contribution in [0, 0.1) is 5.92 Å². The number of phenolic OH excluding ortho intramolecular Hbond substituents is 1. The topological polar surface area (TPSA) is 32.7 Å². The van der Waals surface area contributed by atoms with Gasteiger partial charge in [-0.25, -0.2) is 0 Å². The Balaban J connectivity index is 2.23. The van der Waals surface area contributed by atoms with Crippen molar-refractivity contribution >= 4 is 0 Å². The summed E-state index contributed by atoms with van der Waals surface area (Å²) in [4.78, 5) is 2.52. The second-order valence-electron chi connectivity index (χ2n) is 6.13. The van der Waals surface area contributed by atoms with Crippen molar-refractivity contribution < 1.29 is 9.84 Å². The maximum absolute atomic E-state index is 10.1. The van der Waals surface area contributed by atoms with E-state index in [-0.39, 0.29) is 0 Å². The number of methoxy groups -OCH3 is 1. The van der Waals surface area contributed by atoms with Crippen molar-refractivity contribution in [2.24, 2.45) is 5.92 Å².